The molecule has 2 N–H and O–H groups in total. The summed E-state index contributed by atoms with van der Waals surface area (Å²) < 4.78 is 5.17. The SMILES string of the molecule is CCC(C)(CCO)NC(=O)CCc1ccco1. The van der Waals surface area contributed by atoms with E-state index in [0.717, 1.165) is 12.2 Å². The predicted octanol–water partition coefficient (Wildman–Crippen LogP) is 1.88. The van der Waals surface area contributed by atoms with E-state index in [-0.39, 0.29) is 18.1 Å². The molecule has 0 aromatic carbocycles. The monoisotopic (exact) mass is 239 g/mol. The van der Waals surface area contributed by atoms with Gasteiger partial charge in [0.1, 0.15) is 5.76 Å². The third-order valence-corrected chi connectivity index (χ3v) is 3.06. The zero-order valence-electron chi connectivity index (χ0n) is 10.5. The number of aliphatic hydroxyl groups excluding tert-OH is 1. The number of aryl methyl sites for hydroxylation is 1. The van der Waals surface area contributed by atoms with Gasteiger partial charge in [-0.25, -0.2) is 0 Å². The van der Waals surface area contributed by atoms with E-state index in [4.69, 9.17) is 9.52 Å². The van der Waals surface area contributed by atoms with E-state index in [1.165, 1.54) is 0 Å². The number of amides is 1. The van der Waals surface area contributed by atoms with Crippen molar-refractivity contribution in [3.63, 3.8) is 0 Å². The zero-order valence-corrected chi connectivity index (χ0v) is 10.5. The van der Waals surface area contributed by atoms with Gasteiger partial charge in [0, 0.05) is 25.0 Å². The Labute approximate surface area is 102 Å². The number of nitrogens with one attached hydrogen (secondary N) is 1. The first-order valence-electron chi connectivity index (χ1n) is 6.04. The van der Waals surface area contributed by atoms with Crippen molar-refractivity contribution in [1.29, 1.82) is 0 Å². The van der Waals surface area contributed by atoms with E-state index in [0.29, 0.717) is 19.3 Å². The smallest absolute Gasteiger partial charge is 0.220 e. The summed E-state index contributed by atoms with van der Waals surface area (Å²) in [5.74, 6) is 0.819. The van der Waals surface area contributed by atoms with Crippen LogP contribution in [0, 0.1) is 0 Å². The Balaban J connectivity index is 2.37. The first-order valence-corrected chi connectivity index (χ1v) is 6.04. The summed E-state index contributed by atoms with van der Waals surface area (Å²) in [6, 6.07) is 3.68. The molecule has 1 atom stereocenters. The Morgan fingerprint density at radius 3 is 2.88 bits per heavy atom. The lowest BCUT2D eigenvalue weighted by Crippen LogP contribution is -2.46. The number of carbonyl (C=O) groups excluding carboxylic acids is 1. The predicted molar refractivity (Wildman–Crippen MR) is 65.6 cm³/mol. The summed E-state index contributed by atoms with van der Waals surface area (Å²) in [5.41, 5.74) is -0.311. The molecule has 1 unspecified atom stereocenters. The number of furan rings is 1. The van der Waals surface area contributed by atoms with Crippen LogP contribution < -0.4 is 5.32 Å². The molecule has 0 aliphatic carbocycles. The average molecular weight is 239 g/mol. The van der Waals surface area contributed by atoms with Crippen molar-refractivity contribution in [3.05, 3.63) is 24.2 Å². The second-order valence-corrected chi connectivity index (χ2v) is 4.52. The molecule has 0 spiro atoms. The lowest BCUT2D eigenvalue weighted by atomic mass is 9.94. The maximum atomic E-state index is 11.8. The summed E-state index contributed by atoms with van der Waals surface area (Å²) in [4.78, 5) is 11.8. The van der Waals surface area contributed by atoms with Crippen LogP contribution in [0.15, 0.2) is 22.8 Å². The van der Waals surface area contributed by atoms with Crippen molar-refractivity contribution in [2.75, 3.05) is 6.61 Å². The number of aliphatic hydroxyl groups is 1. The van der Waals surface area contributed by atoms with Gasteiger partial charge >= 0.3 is 0 Å². The molecule has 0 radical (unpaired) electrons. The summed E-state index contributed by atoms with van der Waals surface area (Å²) in [6.07, 6.45) is 4.01. The number of rotatable bonds is 7. The lowest BCUT2D eigenvalue weighted by molar-refractivity contribution is -0.123. The van der Waals surface area contributed by atoms with Gasteiger partial charge in [-0.1, -0.05) is 6.92 Å². The second kappa shape index (κ2) is 6.45. The largest absolute Gasteiger partial charge is 0.469 e. The molecule has 0 aliphatic rings. The van der Waals surface area contributed by atoms with Crippen LogP contribution in [0.3, 0.4) is 0 Å². The molecule has 0 saturated carbocycles. The van der Waals surface area contributed by atoms with Crippen LogP contribution in [-0.4, -0.2) is 23.2 Å². The maximum Gasteiger partial charge on any atom is 0.220 e. The van der Waals surface area contributed by atoms with Crippen LogP contribution in [0.4, 0.5) is 0 Å². The van der Waals surface area contributed by atoms with E-state index in [2.05, 4.69) is 5.32 Å². The molecule has 0 aliphatic heterocycles. The maximum absolute atomic E-state index is 11.8. The highest BCUT2D eigenvalue weighted by atomic mass is 16.3. The molecule has 1 aromatic rings. The highest BCUT2D eigenvalue weighted by Crippen LogP contribution is 2.14. The van der Waals surface area contributed by atoms with Crippen LogP contribution >= 0.6 is 0 Å². The Hall–Kier alpha value is -1.29. The minimum absolute atomic E-state index is 0.000741. The van der Waals surface area contributed by atoms with Crippen molar-refractivity contribution in [2.24, 2.45) is 0 Å². The molecule has 96 valence electrons. The standard InChI is InChI=1S/C13H21NO3/c1-3-13(2,8-9-15)14-12(16)7-6-11-5-4-10-17-11/h4-5,10,15H,3,6-9H2,1-2H3,(H,14,16). The molecule has 1 aromatic heterocycles. The van der Waals surface area contributed by atoms with E-state index in [1.54, 1.807) is 6.26 Å². The average Bonchev–Trinajstić information content (AvgIpc) is 2.79. The molecule has 0 bridgehead atoms. The van der Waals surface area contributed by atoms with Gasteiger partial charge in [-0.15, -0.1) is 0 Å². The molecule has 1 heterocycles. The number of carbonyl (C=O) groups is 1. The molecule has 1 amide bonds. The molecule has 4 heteroatoms. The fourth-order valence-corrected chi connectivity index (χ4v) is 1.67. The molecular weight excluding hydrogens is 218 g/mol. The van der Waals surface area contributed by atoms with Crippen molar-refractivity contribution in [3.8, 4) is 0 Å². The zero-order chi connectivity index (χ0) is 12.7. The van der Waals surface area contributed by atoms with E-state index < -0.39 is 0 Å². The van der Waals surface area contributed by atoms with E-state index in [1.807, 2.05) is 26.0 Å². The first kappa shape index (κ1) is 13.8. The Kier molecular flexibility index (Phi) is 5.22. The Morgan fingerprint density at radius 1 is 1.59 bits per heavy atom. The third kappa shape index (κ3) is 4.61. The van der Waals surface area contributed by atoms with Gasteiger partial charge in [-0.2, -0.15) is 0 Å². The van der Waals surface area contributed by atoms with Crippen LogP contribution in [0.2, 0.25) is 0 Å². The van der Waals surface area contributed by atoms with Gasteiger partial charge in [0.05, 0.1) is 6.26 Å². The Bertz CT molecular complexity index is 334. The lowest BCUT2D eigenvalue weighted by Gasteiger charge is -2.29. The first-order chi connectivity index (χ1) is 8.09. The molecule has 0 fully saturated rings. The molecule has 0 saturated heterocycles. The second-order valence-electron chi connectivity index (χ2n) is 4.52. The number of hydrogen-bond donors (Lipinski definition) is 2. The number of hydrogen-bond acceptors (Lipinski definition) is 3. The van der Waals surface area contributed by atoms with Gasteiger partial charge < -0.3 is 14.8 Å². The summed E-state index contributed by atoms with van der Waals surface area (Å²) in [7, 11) is 0. The van der Waals surface area contributed by atoms with Crippen molar-refractivity contribution in [1.82, 2.24) is 5.32 Å². The molecule has 4 nitrogen and oxygen atoms in total. The summed E-state index contributed by atoms with van der Waals surface area (Å²) in [5, 5.41) is 11.9. The minimum Gasteiger partial charge on any atom is -0.469 e. The summed E-state index contributed by atoms with van der Waals surface area (Å²) in [6.45, 7) is 4.04. The van der Waals surface area contributed by atoms with Crippen LogP contribution in [0.1, 0.15) is 38.9 Å². The highest BCUT2D eigenvalue weighted by molar-refractivity contribution is 5.76. The molecule has 17 heavy (non-hydrogen) atoms. The quantitative estimate of drug-likeness (QED) is 0.763. The van der Waals surface area contributed by atoms with Crippen LogP contribution in [0.25, 0.3) is 0 Å². The fraction of sp³-hybridized carbons (Fsp3) is 0.615. The summed E-state index contributed by atoms with van der Waals surface area (Å²) >= 11 is 0. The topological polar surface area (TPSA) is 62.5 Å². The van der Waals surface area contributed by atoms with Crippen LogP contribution in [0.5, 0.6) is 0 Å². The van der Waals surface area contributed by atoms with Gasteiger partial charge in [0.2, 0.25) is 5.91 Å². The third-order valence-electron chi connectivity index (χ3n) is 3.06. The van der Waals surface area contributed by atoms with Crippen molar-refractivity contribution in [2.45, 2.75) is 45.1 Å². The van der Waals surface area contributed by atoms with Crippen LogP contribution in [-0.2, 0) is 11.2 Å². The van der Waals surface area contributed by atoms with E-state index >= 15 is 0 Å². The highest BCUT2D eigenvalue weighted by Gasteiger charge is 2.23. The van der Waals surface area contributed by atoms with Gasteiger partial charge in [-0.3, -0.25) is 4.79 Å². The van der Waals surface area contributed by atoms with Crippen molar-refractivity contribution < 1.29 is 14.3 Å². The molecule has 1 rings (SSSR count). The van der Waals surface area contributed by atoms with Gasteiger partial charge in [0.15, 0.2) is 0 Å². The Morgan fingerprint density at radius 2 is 2.35 bits per heavy atom. The van der Waals surface area contributed by atoms with E-state index in [9.17, 15) is 4.79 Å². The normalized spacial score (nSPS) is 14.3. The van der Waals surface area contributed by atoms with Crippen molar-refractivity contribution >= 4 is 5.91 Å². The fourth-order valence-electron chi connectivity index (χ4n) is 1.67. The van der Waals surface area contributed by atoms with Gasteiger partial charge in [-0.05, 0) is 31.9 Å². The molecular formula is C13H21NO3. The minimum atomic E-state index is -0.311. The van der Waals surface area contributed by atoms with Gasteiger partial charge in [0.25, 0.3) is 0 Å².